The Labute approximate surface area is 148 Å². The molecule has 4 aromatic carbocycles. The minimum absolute atomic E-state index is 1.18. The quantitative estimate of drug-likeness (QED) is 0.274. The second-order valence-electron chi connectivity index (χ2n) is 6.21. The monoisotopic (exact) mass is 320 g/mol. The van der Waals surface area contributed by atoms with Gasteiger partial charge in [0.2, 0.25) is 0 Å². The molecule has 0 aromatic heterocycles. The molecule has 0 unspecified atom stereocenters. The summed E-state index contributed by atoms with van der Waals surface area (Å²) in [6.07, 6.45) is 8.10. The van der Waals surface area contributed by atoms with Gasteiger partial charge in [0.15, 0.2) is 0 Å². The van der Waals surface area contributed by atoms with Crippen LogP contribution in [-0.2, 0) is 0 Å². The average molecular weight is 320 g/mol. The first-order valence-electron chi connectivity index (χ1n) is 8.62. The molecule has 0 N–H and O–H groups in total. The van der Waals surface area contributed by atoms with Gasteiger partial charge in [-0.2, -0.15) is 0 Å². The predicted molar refractivity (Wildman–Crippen MR) is 112 cm³/mol. The molecule has 0 spiro atoms. The molecular weight excluding hydrogens is 300 g/mol. The lowest BCUT2D eigenvalue weighted by atomic mass is 9.92. The fraction of sp³-hybridized carbons (Fsp3) is 0.0400. The van der Waals surface area contributed by atoms with E-state index in [1.54, 1.807) is 0 Å². The van der Waals surface area contributed by atoms with Crippen molar-refractivity contribution in [2.45, 2.75) is 6.92 Å². The zero-order valence-electron chi connectivity index (χ0n) is 14.4. The van der Waals surface area contributed by atoms with Gasteiger partial charge >= 0.3 is 0 Å². The van der Waals surface area contributed by atoms with Gasteiger partial charge in [-0.1, -0.05) is 91.5 Å². The first kappa shape index (κ1) is 15.4. The van der Waals surface area contributed by atoms with Crippen LogP contribution in [0.2, 0.25) is 0 Å². The van der Waals surface area contributed by atoms with Crippen LogP contribution < -0.4 is 0 Å². The highest BCUT2D eigenvalue weighted by molar-refractivity contribution is 6.25. The molecule has 0 amide bonds. The summed E-state index contributed by atoms with van der Waals surface area (Å²) in [7, 11) is 0. The molecule has 0 atom stereocenters. The van der Waals surface area contributed by atoms with Crippen molar-refractivity contribution in [3.05, 3.63) is 103 Å². The molecule has 0 saturated heterocycles. The van der Waals surface area contributed by atoms with E-state index in [0.29, 0.717) is 0 Å². The summed E-state index contributed by atoms with van der Waals surface area (Å²) >= 11 is 0. The van der Waals surface area contributed by atoms with E-state index in [4.69, 9.17) is 0 Å². The largest absolute Gasteiger partial charge is 0.0990 e. The summed E-state index contributed by atoms with van der Waals surface area (Å²) in [5.74, 6) is 0. The molecule has 0 aliphatic rings. The molecule has 0 nitrogen and oxygen atoms in total. The van der Waals surface area contributed by atoms with E-state index < -0.39 is 0 Å². The Kier molecular flexibility index (Phi) is 3.95. The van der Waals surface area contributed by atoms with Crippen LogP contribution in [0.15, 0.2) is 97.6 Å². The van der Waals surface area contributed by atoms with Crippen LogP contribution in [0.1, 0.15) is 12.5 Å². The molecule has 0 fully saturated rings. The van der Waals surface area contributed by atoms with Gasteiger partial charge in [0.25, 0.3) is 0 Å². The normalized spacial score (nSPS) is 12.4. The molecule has 0 bridgehead atoms. The Bertz CT molecular complexity index is 1120. The Morgan fingerprint density at radius 1 is 0.720 bits per heavy atom. The summed E-state index contributed by atoms with van der Waals surface area (Å²) in [6.45, 7) is 5.89. The molecule has 0 saturated carbocycles. The van der Waals surface area contributed by atoms with Crippen LogP contribution in [0.4, 0.5) is 0 Å². The minimum atomic E-state index is 1.18. The van der Waals surface area contributed by atoms with Crippen LogP contribution in [0.25, 0.3) is 37.9 Å². The predicted octanol–water partition coefficient (Wildman–Crippen LogP) is 7.29. The third-order valence-electron chi connectivity index (χ3n) is 4.72. The van der Waals surface area contributed by atoms with Crippen molar-refractivity contribution in [1.29, 1.82) is 0 Å². The van der Waals surface area contributed by atoms with Crippen molar-refractivity contribution >= 4 is 37.9 Å². The first-order valence-corrected chi connectivity index (χ1v) is 8.62. The van der Waals surface area contributed by atoms with Gasteiger partial charge in [-0.05, 0) is 56.4 Å². The van der Waals surface area contributed by atoms with Crippen LogP contribution in [0, 0.1) is 0 Å². The molecular formula is C25H20. The summed E-state index contributed by atoms with van der Waals surface area (Å²) in [5.41, 5.74) is 2.39. The van der Waals surface area contributed by atoms with E-state index >= 15 is 0 Å². The summed E-state index contributed by atoms with van der Waals surface area (Å²) in [6, 6.07) is 24.1. The van der Waals surface area contributed by atoms with Gasteiger partial charge in [-0.15, -0.1) is 0 Å². The van der Waals surface area contributed by atoms with Crippen LogP contribution in [0.3, 0.4) is 0 Å². The van der Waals surface area contributed by atoms with E-state index in [2.05, 4.69) is 91.5 Å². The molecule has 4 aromatic rings. The molecule has 0 heterocycles. The minimum Gasteiger partial charge on any atom is -0.0990 e. The van der Waals surface area contributed by atoms with Gasteiger partial charge in [0.05, 0.1) is 0 Å². The highest BCUT2D eigenvalue weighted by Crippen LogP contribution is 2.36. The lowest BCUT2D eigenvalue weighted by Gasteiger charge is -2.12. The first-order chi connectivity index (χ1) is 12.3. The van der Waals surface area contributed by atoms with Crippen molar-refractivity contribution in [1.82, 2.24) is 0 Å². The highest BCUT2D eigenvalue weighted by atomic mass is 14.1. The van der Waals surface area contributed by atoms with Crippen molar-refractivity contribution < 1.29 is 0 Å². The average Bonchev–Trinajstić information content (AvgIpc) is 2.68. The zero-order valence-corrected chi connectivity index (χ0v) is 14.4. The lowest BCUT2D eigenvalue weighted by Crippen LogP contribution is -1.86. The van der Waals surface area contributed by atoms with E-state index in [1.165, 1.54) is 43.5 Å². The second kappa shape index (κ2) is 6.41. The fourth-order valence-electron chi connectivity index (χ4n) is 3.64. The Balaban J connectivity index is 2.15. The lowest BCUT2D eigenvalue weighted by molar-refractivity contribution is 1.65. The molecule has 120 valence electrons. The smallest absolute Gasteiger partial charge is 0.00928 e. The van der Waals surface area contributed by atoms with Crippen molar-refractivity contribution in [2.24, 2.45) is 0 Å². The van der Waals surface area contributed by atoms with Crippen LogP contribution in [-0.4, -0.2) is 0 Å². The number of fused-ring (bicyclic) bond motifs is 6. The molecule has 25 heavy (non-hydrogen) atoms. The van der Waals surface area contributed by atoms with E-state index in [-0.39, 0.29) is 0 Å². The molecule has 0 aliphatic heterocycles. The second-order valence-corrected chi connectivity index (χ2v) is 6.21. The standard InChI is InChI=1S/C25H20/c1-3-9-18(10-4-2)19-15-16-24-22-13-6-5-11-20(22)21-12-7-8-14-23(21)25(24)17-19/h3-17H,1H2,2H3/b10-4-,18-9+. The molecule has 0 aliphatic carbocycles. The zero-order chi connectivity index (χ0) is 17.2. The SMILES string of the molecule is C=C/C=C(\C=C/C)c1ccc2c3ccccc3c3ccccc3c2c1. The van der Waals surface area contributed by atoms with Gasteiger partial charge in [-0.25, -0.2) is 0 Å². The third-order valence-corrected chi connectivity index (χ3v) is 4.72. The summed E-state index contributed by atoms with van der Waals surface area (Å²) in [4.78, 5) is 0. The van der Waals surface area contributed by atoms with E-state index in [1.807, 2.05) is 13.0 Å². The molecule has 4 rings (SSSR count). The number of allylic oxidation sites excluding steroid dienone is 5. The fourth-order valence-corrected chi connectivity index (χ4v) is 3.64. The maximum absolute atomic E-state index is 3.85. The van der Waals surface area contributed by atoms with Gasteiger partial charge in [0.1, 0.15) is 0 Å². The molecule has 0 radical (unpaired) electrons. The van der Waals surface area contributed by atoms with Crippen LogP contribution in [0.5, 0.6) is 0 Å². The van der Waals surface area contributed by atoms with Crippen LogP contribution >= 0.6 is 0 Å². The van der Waals surface area contributed by atoms with Gasteiger partial charge < -0.3 is 0 Å². The van der Waals surface area contributed by atoms with Crippen molar-refractivity contribution in [2.75, 3.05) is 0 Å². The van der Waals surface area contributed by atoms with Gasteiger partial charge in [0, 0.05) is 0 Å². The third kappa shape index (κ3) is 2.56. The highest BCUT2D eigenvalue weighted by Gasteiger charge is 2.09. The Morgan fingerprint density at radius 2 is 1.24 bits per heavy atom. The van der Waals surface area contributed by atoms with Gasteiger partial charge in [-0.3, -0.25) is 0 Å². The van der Waals surface area contributed by atoms with E-state index in [0.717, 1.165) is 0 Å². The summed E-state index contributed by atoms with van der Waals surface area (Å²) in [5, 5.41) is 7.83. The Hall–Kier alpha value is -3.12. The maximum atomic E-state index is 3.85. The maximum Gasteiger partial charge on any atom is -0.00928 e. The van der Waals surface area contributed by atoms with Crippen molar-refractivity contribution in [3.63, 3.8) is 0 Å². The number of benzene rings is 4. The molecule has 0 heteroatoms. The number of hydrogen-bond donors (Lipinski definition) is 0. The number of hydrogen-bond acceptors (Lipinski definition) is 0. The number of rotatable bonds is 3. The topological polar surface area (TPSA) is 0 Å². The Morgan fingerprint density at radius 3 is 1.76 bits per heavy atom. The van der Waals surface area contributed by atoms with E-state index in [9.17, 15) is 0 Å². The summed E-state index contributed by atoms with van der Waals surface area (Å²) < 4.78 is 0. The van der Waals surface area contributed by atoms with Crippen molar-refractivity contribution in [3.8, 4) is 0 Å².